The third kappa shape index (κ3) is 5.41. The fourth-order valence-corrected chi connectivity index (χ4v) is 8.43. The van der Waals surface area contributed by atoms with Crippen LogP contribution in [0.25, 0.3) is 43.1 Å². The van der Waals surface area contributed by atoms with Gasteiger partial charge < -0.3 is 4.74 Å². The van der Waals surface area contributed by atoms with Gasteiger partial charge in [-0.1, -0.05) is 101 Å². The molecule has 0 atom stereocenters. The number of hydrogen-bond acceptors (Lipinski definition) is 5. The summed E-state index contributed by atoms with van der Waals surface area (Å²) in [6.45, 7) is 2.79. The highest BCUT2D eigenvalue weighted by molar-refractivity contribution is 6.41. The lowest BCUT2D eigenvalue weighted by atomic mass is 9.82. The van der Waals surface area contributed by atoms with Crippen molar-refractivity contribution in [3.05, 3.63) is 101 Å². The zero-order valence-corrected chi connectivity index (χ0v) is 29.3. The largest absolute Gasteiger partial charge is 0.497 e. The van der Waals surface area contributed by atoms with Crippen LogP contribution >= 0.6 is 0 Å². The summed E-state index contributed by atoms with van der Waals surface area (Å²) < 4.78 is 5.35. The van der Waals surface area contributed by atoms with E-state index in [1.165, 1.54) is 54.7 Å². The molecule has 2 aliphatic heterocycles. The number of rotatable bonds is 14. The molecule has 258 valence electrons. The second-order valence-corrected chi connectivity index (χ2v) is 14.1. The summed E-state index contributed by atoms with van der Waals surface area (Å²) in [6, 6.07) is 22.5. The average molecular weight is 679 g/mol. The molecule has 2 heterocycles. The summed E-state index contributed by atoms with van der Waals surface area (Å²) in [4.78, 5) is 58.4. The van der Waals surface area contributed by atoms with Crippen molar-refractivity contribution < 1.29 is 23.9 Å². The third-order valence-electron chi connectivity index (χ3n) is 11.0. The highest BCUT2D eigenvalue weighted by Crippen LogP contribution is 2.46. The Hall–Kier alpha value is -5.30. The van der Waals surface area contributed by atoms with E-state index in [4.69, 9.17) is 4.74 Å². The van der Waals surface area contributed by atoms with Gasteiger partial charge in [-0.3, -0.25) is 29.0 Å². The molecule has 6 aromatic carbocycles. The van der Waals surface area contributed by atoms with Crippen molar-refractivity contribution in [3.8, 4) is 5.75 Å². The number of unbranched alkanes of at least 4 members (excludes halogenated alkanes) is 9. The Bertz CT molecular complexity index is 2260. The van der Waals surface area contributed by atoms with Crippen molar-refractivity contribution in [2.24, 2.45) is 0 Å². The van der Waals surface area contributed by atoms with Gasteiger partial charge in [0.2, 0.25) is 0 Å². The molecule has 0 fully saturated rings. The predicted molar refractivity (Wildman–Crippen MR) is 202 cm³/mol. The molecule has 8 rings (SSSR count). The predicted octanol–water partition coefficient (Wildman–Crippen LogP) is 10.1. The topological polar surface area (TPSA) is 84.0 Å². The van der Waals surface area contributed by atoms with Gasteiger partial charge in [0.15, 0.2) is 0 Å². The molecule has 4 amide bonds. The molecule has 0 aromatic heterocycles. The molecule has 0 radical (unpaired) electrons. The maximum absolute atomic E-state index is 14.0. The summed E-state index contributed by atoms with van der Waals surface area (Å²) in [7, 11) is 1.59. The lowest BCUT2D eigenvalue weighted by Crippen LogP contribution is -2.40. The Balaban J connectivity index is 1.11. The van der Waals surface area contributed by atoms with E-state index in [9.17, 15) is 19.2 Å². The fraction of sp³-hybridized carbons (Fsp3) is 0.318. The maximum Gasteiger partial charge on any atom is 0.261 e. The first-order valence-corrected chi connectivity index (χ1v) is 18.5. The monoisotopic (exact) mass is 678 g/mol. The van der Waals surface area contributed by atoms with Crippen molar-refractivity contribution >= 4 is 66.7 Å². The molecule has 0 N–H and O–H groups in total. The van der Waals surface area contributed by atoms with Gasteiger partial charge in [-0.05, 0) is 80.7 Å². The van der Waals surface area contributed by atoms with Gasteiger partial charge >= 0.3 is 0 Å². The molecule has 7 heteroatoms. The van der Waals surface area contributed by atoms with Gasteiger partial charge in [-0.15, -0.1) is 0 Å². The number of fused-ring (bicyclic) bond motifs is 2. The van der Waals surface area contributed by atoms with Gasteiger partial charge in [-0.25, -0.2) is 0 Å². The van der Waals surface area contributed by atoms with Gasteiger partial charge in [0.1, 0.15) is 5.75 Å². The molecule has 0 aliphatic carbocycles. The number of benzene rings is 6. The SMILES string of the molecule is CCCCCCCCCCCCN1C(=O)c2ccc3c4ccc5c6c(ccc(c7ccc(c2c37)C1=O)c64)C(=O)N(Cc1cccc(OC)c1)C5=O. The zero-order chi connectivity index (χ0) is 35.2. The molecule has 6 aromatic rings. The van der Waals surface area contributed by atoms with Crippen LogP contribution in [-0.4, -0.2) is 47.1 Å². The Morgan fingerprint density at radius 2 is 0.922 bits per heavy atom. The van der Waals surface area contributed by atoms with Gasteiger partial charge in [-0.2, -0.15) is 0 Å². The van der Waals surface area contributed by atoms with Crippen LogP contribution < -0.4 is 4.74 Å². The van der Waals surface area contributed by atoms with Crippen molar-refractivity contribution in [2.75, 3.05) is 13.7 Å². The molecule has 7 nitrogen and oxygen atoms in total. The number of methoxy groups -OCH3 is 1. The van der Waals surface area contributed by atoms with Crippen molar-refractivity contribution in [1.29, 1.82) is 0 Å². The van der Waals surface area contributed by atoms with Gasteiger partial charge in [0.05, 0.1) is 13.7 Å². The number of carbonyl (C=O) groups excluding carboxylic acids is 4. The first-order valence-electron chi connectivity index (χ1n) is 18.5. The summed E-state index contributed by atoms with van der Waals surface area (Å²) >= 11 is 0. The van der Waals surface area contributed by atoms with E-state index in [-0.39, 0.29) is 30.2 Å². The highest BCUT2D eigenvalue weighted by Gasteiger charge is 2.36. The number of ether oxygens (including phenoxy) is 1. The lowest BCUT2D eigenvalue weighted by Gasteiger charge is -2.30. The molecule has 2 aliphatic rings. The molecule has 51 heavy (non-hydrogen) atoms. The van der Waals surface area contributed by atoms with Crippen molar-refractivity contribution in [1.82, 2.24) is 9.80 Å². The smallest absolute Gasteiger partial charge is 0.261 e. The summed E-state index contributed by atoms with van der Waals surface area (Å²) in [5, 5.41) is 6.61. The van der Waals surface area contributed by atoms with E-state index >= 15 is 0 Å². The Labute approximate surface area is 297 Å². The number of nitrogens with zero attached hydrogens (tertiary/aromatic N) is 2. The average Bonchev–Trinajstić information content (AvgIpc) is 3.15. The maximum atomic E-state index is 14.0. The second-order valence-electron chi connectivity index (χ2n) is 14.1. The quantitative estimate of drug-likeness (QED) is 0.0496. The number of amides is 4. The molecular formula is C44H42N2O5. The second kappa shape index (κ2) is 13.4. The summed E-state index contributed by atoms with van der Waals surface area (Å²) in [6.07, 6.45) is 11.9. The van der Waals surface area contributed by atoms with Crippen LogP contribution in [0.15, 0.2) is 72.8 Å². The van der Waals surface area contributed by atoms with E-state index in [1.54, 1.807) is 7.11 Å². The molecular weight excluding hydrogens is 636 g/mol. The minimum atomic E-state index is -0.339. The fourth-order valence-electron chi connectivity index (χ4n) is 8.43. The van der Waals surface area contributed by atoms with Crippen LogP contribution in [0.3, 0.4) is 0 Å². The van der Waals surface area contributed by atoms with Crippen LogP contribution in [0.4, 0.5) is 0 Å². The van der Waals surface area contributed by atoms with Crippen LogP contribution in [0.5, 0.6) is 5.75 Å². The normalized spacial score (nSPS) is 14.3. The van der Waals surface area contributed by atoms with Crippen LogP contribution in [0.1, 0.15) is 118 Å². The zero-order valence-electron chi connectivity index (χ0n) is 29.3. The number of imide groups is 2. The summed E-state index contributed by atoms with van der Waals surface area (Å²) in [5.41, 5.74) is 2.85. The molecule has 0 unspecified atom stereocenters. The molecule has 0 saturated heterocycles. The van der Waals surface area contributed by atoms with Crippen LogP contribution in [0.2, 0.25) is 0 Å². The first kappa shape index (κ1) is 32.9. The molecule has 0 spiro atoms. The van der Waals surface area contributed by atoms with Crippen LogP contribution in [-0.2, 0) is 6.54 Å². The minimum absolute atomic E-state index is 0.130. The minimum Gasteiger partial charge on any atom is -0.497 e. The summed E-state index contributed by atoms with van der Waals surface area (Å²) in [5.74, 6) is -0.499. The first-order chi connectivity index (χ1) is 24.9. The Morgan fingerprint density at radius 1 is 0.490 bits per heavy atom. The molecule has 0 saturated carbocycles. The highest BCUT2D eigenvalue weighted by atomic mass is 16.5. The van der Waals surface area contributed by atoms with E-state index in [1.807, 2.05) is 72.8 Å². The van der Waals surface area contributed by atoms with E-state index in [2.05, 4.69) is 6.92 Å². The van der Waals surface area contributed by atoms with Crippen molar-refractivity contribution in [2.45, 2.75) is 77.7 Å². The van der Waals surface area contributed by atoms with Crippen molar-refractivity contribution in [3.63, 3.8) is 0 Å². The van der Waals surface area contributed by atoms with Crippen LogP contribution in [0, 0.1) is 0 Å². The Kier molecular flexibility index (Phi) is 8.66. The van der Waals surface area contributed by atoms with E-state index < -0.39 is 0 Å². The van der Waals surface area contributed by atoms with Gasteiger partial charge in [0, 0.05) is 39.6 Å². The standard InChI is InChI=1S/C44H42N2O5/c1-3-4-5-6-7-8-9-10-11-12-24-45-41(47)33-20-16-29-31-18-22-35-40-36(44(50)46(43(35)49)26-27-14-13-15-28(25-27)51-2)23-19-32(38(31)40)30-17-21-34(42(45)48)39(33)37(29)30/h13-23,25H,3-12,24,26H2,1-2H3. The third-order valence-corrected chi connectivity index (χ3v) is 11.0. The Morgan fingerprint density at radius 3 is 1.37 bits per heavy atom. The van der Waals surface area contributed by atoms with E-state index in [0.717, 1.165) is 57.1 Å². The van der Waals surface area contributed by atoms with Gasteiger partial charge in [0.25, 0.3) is 23.6 Å². The molecule has 0 bridgehead atoms. The number of hydrogen-bond donors (Lipinski definition) is 0. The van der Waals surface area contributed by atoms with E-state index in [0.29, 0.717) is 45.3 Å². The lowest BCUT2D eigenvalue weighted by molar-refractivity contribution is 0.0587. The number of carbonyl (C=O) groups is 4.